The van der Waals surface area contributed by atoms with Gasteiger partial charge in [0.15, 0.2) is 0 Å². The van der Waals surface area contributed by atoms with Crippen molar-refractivity contribution in [2.45, 2.75) is 11.1 Å². The van der Waals surface area contributed by atoms with Gasteiger partial charge < -0.3 is 0 Å². The summed E-state index contributed by atoms with van der Waals surface area (Å²) in [5.74, 6) is 2.23. The standard InChI is InChI=1S/C10H13NOSe.ClH.Pd/c1-13-7-6-11-8-9-4-2-3-5-10(9)12;;/h2-5,8,12H,6-7H2,1H3;1H;/q;;+2/p-2. The van der Waals surface area contributed by atoms with E-state index in [0.29, 0.717) is 20.5 Å². The summed E-state index contributed by atoms with van der Waals surface area (Å²) in [7, 11) is 4.49. The minimum absolute atomic E-state index is 0.0493. The van der Waals surface area contributed by atoms with E-state index in [1.165, 1.54) is 0 Å². The van der Waals surface area contributed by atoms with E-state index in [9.17, 15) is 5.11 Å². The molecule has 1 rings (SSSR count). The van der Waals surface area contributed by atoms with Gasteiger partial charge in [-0.3, -0.25) is 0 Å². The van der Waals surface area contributed by atoms with E-state index in [-0.39, 0.29) is 5.75 Å². The van der Waals surface area contributed by atoms with Gasteiger partial charge in [-0.2, -0.15) is 0 Å². The quantitative estimate of drug-likeness (QED) is 0.446. The Balaban J connectivity index is 0.000000921. The third-order valence-electron chi connectivity index (χ3n) is 1.57. The van der Waals surface area contributed by atoms with Gasteiger partial charge in [-0.25, -0.2) is 0 Å². The predicted octanol–water partition coefficient (Wildman–Crippen LogP) is 2.04. The SMILES string of the molecule is C[Se]CCN=Cc1ccccc1[O-].[Cl][Pd+]. The van der Waals surface area contributed by atoms with Crippen LogP contribution in [-0.4, -0.2) is 27.7 Å². The van der Waals surface area contributed by atoms with Crippen molar-refractivity contribution in [1.82, 2.24) is 0 Å². The molecule has 0 radical (unpaired) electrons. The number of rotatable bonds is 4. The Kier molecular flexibility index (Phi) is 10.8. The molecule has 0 saturated heterocycles. The second-order valence-electron chi connectivity index (χ2n) is 2.57. The monoisotopic (exact) mass is 383 g/mol. The van der Waals surface area contributed by atoms with Crippen LogP contribution in [0.4, 0.5) is 0 Å². The molecule has 0 amide bonds. The molecule has 2 nitrogen and oxygen atoms in total. The maximum absolute atomic E-state index is 11.2. The van der Waals surface area contributed by atoms with E-state index in [1.807, 2.05) is 6.07 Å². The van der Waals surface area contributed by atoms with Crippen LogP contribution >= 0.6 is 9.53 Å². The molecule has 0 N–H and O–H groups in total. The van der Waals surface area contributed by atoms with E-state index in [0.717, 1.165) is 11.9 Å². The predicted molar refractivity (Wildman–Crippen MR) is 60.6 cm³/mol. The molecule has 0 fully saturated rings. The fourth-order valence-corrected chi connectivity index (χ4v) is 1.50. The molecule has 0 aliphatic heterocycles. The Bertz CT molecular complexity index is 297. The normalized spacial score (nSPS) is 9.87. The Morgan fingerprint density at radius 1 is 1.47 bits per heavy atom. The number of benzene rings is 1. The number of hydrogen-bond donors (Lipinski definition) is 0. The van der Waals surface area contributed by atoms with E-state index in [4.69, 9.17) is 0 Å². The first-order valence-electron chi connectivity index (χ1n) is 4.21. The summed E-state index contributed by atoms with van der Waals surface area (Å²) in [5, 5.41) is 12.3. The van der Waals surface area contributed by atoms with Crippen molar-refractivity contribution in [2.24, 2.45) is 4.99 Å². The van der Waals surface area contributed by atoms with E-state index < -0.39 is 0 Å². The Morgan fingerprint density at radius 2 is 2.13 bits per heavy atom. The first-order valence-corrected chi connectivity index (χ1v) is 9.14. The van der Waals surface area contributed by atoms with Gasteiger partial charge in [0.25, 0.3) is 0 Å². The van der Waals surface area contributed by atoms with E-state index in [2.05, 4.69) is 38.5 Å². The molecule has 0 atom stereocenters. The molecule has 1 aromatic rings. The molecule has 1 aromatic carbocycles. The zero-order chi connectivity index (χ0) is 11.5. The Morgan fingerprint density at radius 3 is 2.73 bits per heavy atom. The van der Waals surface area contributed by atoms with Gasteiger partial charge in [0.2, 0.25) is 0 Å². The van der Waals surface area contributed by atoms with E-state index >= 15 is 0 Å². The van der Waals surface area contributed by atoms with Crippen LogP contribution in [0.25, 0.3) is 0 Å². The summed E-state index contributed by atoms with van der Waals surface area (Å²) >= 11 is 2.90. The molecule has 5 heteroatoms. The molecule has 86 valence electrons. The van der Waals surface area contributed by atoms with Crippen molar-refractivity contribution >= 4 is 30.7 Å². The van der Waals surface area contributed by atoms with Crippen LogP contribution in [0.2, 0.25) is 11.1 Å². The fourth-order valence-electron chi connectivity index (χ4n) is 0.894. The van der Waals surface area contributed by atoms with Crippen molar-refractivity contribution < 1.29 is 23.3 Å². The van der Waals surface area contributed by atoms with Crippen LogP contribution in [0.5, 0.6) is 5.75 Å². The van der Waals surface area contributed by atoms with Crippen LogP contribution < -0.4 is 5.11 Å². The minimum atomic E-state index is 0.0493. The van der Waals surface area contributed by atoms with Crippen LogP contribution in [0.3, 0.4) is 0 Å². The van der Waals surface area contributed by atoms with Gasteiger partial charge in [0.1, 0.15) is 0 Å². The van der Waals surface area contributed by atoms with Crippen LogP contribution in [-0.2, 0) is 18.2 Å². The van der Waals surface area contributed by atoms with Crippen LogP contribution in [0.1, 0.15) is 5.56 Å². The molecule has 0 unspecified atom stereocenters. The van der Waals surface area contributed by atoms with Gasteiger partial charge in [-0.15, -0.1) is 0 Å². The first-order chi connectivity index (χ1) is 7.34. The third kappa shape index (κ3) is 7.11. The Labute approximate surface area is 112 Å². The third-order valence-corrected chi connectivity index (χ3v) is 2.81. The van der Waals surface area contributed by atoms with Crippen molar-refractivity contribution in [1.29, 1.82) is 0 Å². The summed E-state index contributed by atoms with van der Waals surface area (Å²) in [5.41, 5.74) is 0.686. The number of para-hydroxylation sites is 1. The number of hydrogen-bond acceptors (Lipinski definition) is 2. The van der Waals surface area contributed by atoms with Crippen molar-refractivity contribution in [3.8, 4) is 5.75 Å². The average molecular weight is 383 g/mol. The summed E-state index contributed by atoms with van der Waals surface area (Å²) in [6.07, 6.45) is 1.67. The molecular formula is C10H12ClNOPdSe. The number of halogens is 1. The molecule has 0 aromatic heterocycles. The van der Waals surface area contributed by atoms with Gasteiger partial charge in [-0.05, 0) is 0 Å². The van der Waals surface area contributed by atoms with E-state index in [1.54, 1.807) is 24.4 Å². The molecule has 0 spiro atoms. The van der Waals surface area contributed by atoms with Gasteiger partial charge in [0, 0.05) is 0 Å². The average Bonchev–Trinajstić information content (AvgIpc) is 2.29. The Hall–Kier alpha value is 0.162. The van der Waals surface area contributed by atoms with Crippen molar-refractivity contribution in [3.63, 3.8) is 0 Å². The summed E-state index contributed by atoms with van der Waals surface area (Å²) in [4.78, 5) is 4.18. The number of aliphatic imine (C=N–C) groups is 1. The summed E-state index contributed by atoms with van der Waals surface area (Å²) in [6, 6.07) is 6.95. The molecule has 15 heavy (non-hydrogen) atoms. The van der Waals surface area contributed by atoms with Crippen molar-refractivity contribution in [3.05, 3.63) is 29.8 Å². The summed E-state index contributed by atoms with van der Waals surface area (Å²) in [6.45, 7) is 0.838. The molecule has 0 heterocycles. The topological polar surface area (TPSA) is 35.4 Å². The molecular weight excluding hydrogens is 371 g/mol. The van der Waals surface area contributed by atoms with Crippen LogP contribution in [0.15, 0.2) is 29.3 Å². The second kappa shape index (κ2) is 10.7. The fraction of sp³-hybridized carbons (Fsp3) is 0.300. The molecule has 0 aliphatic rings. The van der Waals surface area contributed by atoms with Crippen LogP contribution in [0, 0.1) is 0 Å². The number of nitrogens with zero attached hydrogens (tertiary/aromatic N) is 1. The maximum atomic E-state index is 11.2. The van der Waals surface area contributed by atoms with Gasteiger partial charge in [0.05, 0.1) is 0 Å². The second-order valence-corrected chi connectivity index (χ2v) is 4.63. The molecule has 0 bridgehead atoms. The zero-order valence-electron chi connectivity index (χ0n) is 8.26. The zero-order valence-corrected chi connectivity index (χ0v) is 12.3. The molecule has 0 saturated carbocycles. The molecule has 0 aliphatic carbocycles. The summed E-state index contributed by atoms with van der Waals surface area (Å²) < 4.78 is 0. The first kappa shape index (κ1) is 15.2. The van der Waals surface area contributed by atoms with Gasteiger partial charge >= 0.3 is 112 Å². The van der Waals surface area contributed by atoms with Crippen molar-refractivity contribution in [2.75, 3.05) is 6.54 Å². The van der Waals surface area contributed by atoms with Gasteiger partial charge in [-0.1, -0.05) is 0 Å².